The van der Waals surface area contributed by atoms with Crippen LogP contribution < -0.4 is 5.32 Å². The summed E-state index contributed by atoms with van der Waals surface area (Å²) in [4.78, 5) is 0. The van der Waals surface area contributed by atoms with E-state index < -0.39 is 0 Å². The van der Waals surface area contributed by atoms with Crippen molar-refractivity contribution in [3.05, 3.63) is 11.6 Å². The molecule has 0 bridgehead atoms. The minimum Gasteiger partial charge on any atom is -0.379 e. The molecular weight excluding hydrogens is 198 g/mol. The number of hydrogen-bond donors (Lipinski definition) is 1. The predicted octanol–water partition coefficient (Wildman–Crippen LogP) is 3.28. The Morgan fingerprint density at radius 1 is 1.31 bits per heavy atom. The van der Waals surface area contributed by atoms with E-state index in [-0.39, 0.29) is 0 Å². The number of ether oxygens (including phenoxy) is 1. The lowest BCUT2D eigenvalue weighted by Gasteiger charge is -2.21. The number of nitrogens with one attached hydrogen (secondary N) is 1. The number of likely N-dealkylation sites (N-methyl/N-ethyl adjacent to an activating group) is 1. The molecule has 1 unspecified atom stereocenters. The van der Waals surface area contributed by atoms with Gasteiger partial charge in [-0.05, 0) is 39.2 Å². The normalized spacial score (nSPS) is 19.8. The molecule has 1 aliphatic rings. The highest BCUT2D eigenvalue weighted by Crippen LogP contribution is 2.19. The largest absolute Gasteiger partial charge is 0.379 e. The highest BCUT2D eigenvalue weighted by Gasteiger charge is 2.13. The van der Waals surface area contributed by atoms with Crippen LogP contribution in [0.2, 0.25) is 0 Å². The van der Waals surface area contributed by atoms with Gasteiger partial charge in [-0.25, -0.2) is 0 Å². The average molecular weight is 225 g/mol. The topological polar surface area (TPSA) is 21.3 Å². The average Bonchev–Trinajstić information content (AvgIpc) is 2.25. The van der Waals surface area contributed by atoms with Crippen LogP contribution in [-0.2, 0) is 4.74 Å². The van der Waals surface area contributed by atoms with Gasteiger partial charge < -0.3 is 10.1 Å². The Labute approximate surface area is 100 Å². The van der Waals surface area contributed by atoms with Gasteiger partial charge in [0.15, 0.2) is 0 Å². The van der Waals surface area contributed by atoms with Gasteiger partial charge in [-0.1, -0.05) is 31.4 Å². The lowest BCUT2D eigenvalue weighted by atomic mass is 9.95. The molecule has 1 rings (SSSR count). The van der Waals surface area contributed by atoms with Gasteiger partial charge in [-0.15, -0.1) is 0 Å². The summed E-state index contributed by atoms with van der Waals surface area (Å²) in [5.41, 5.74) is 1.57. The van der Waals surface area contributed by atoms with Gasteiger partial charge in [0.1, 0.15) is 0 Å². The van der Waals surface area contributed by atoms with Crippen molar-refractivity contribution in [1.29, 1.82) is 0 Å². The molecule has 0 saturated carbocycles. The van der Waals surface area contributed by atoms with E-state index in [1.54, 1.807) is 5.57 Å². The van der Waals surface area contributed by atoms with Crippen molar-refractivity contribution in [1.82, 2.24) is 5.32 Å². The maximum absolute atomic E-state index is 5.66. The van der Waals surface area contributed by atoms with Gasteiger partial charge in [-0.2, -0.15) is 0 Å². The van der Waals surface area contributed by atoms with E-state index in [0.717, 1.165) is 19.6 Å². The van der Waals surface area contributed by atoms with Gasteiger partial charge in [-0.3, -0.25) is 0 Å². The summed E-state index contributed by atoms with van der Waals surface area (Å²) in [5, 5.41) is 3.39. The molecule has 2 nitrogen and oxygen atoms in total. The SMILES string of the molecule is CCCOCC(NC)C1=CCCCCCC1. The number of hydrogen-bond acceptors (Lipinski definition) is 2. The van der Waals surface area contributed by atoms with Crippen molar-refractivity contribution in [3.8, 4) is 0 Å². The standard InChI is InChI=1S/C14H27NO/c1-3-11-16-12-14(15-2)13-9-7-5-4-6-8-10-13/h9,14-15H,3-8,10-12H2,1-2H3. The molecule has 1 N–H and O–H groups in total. The third-order valence-electron chi connectivity index (χ3n) is 3.26. The van der Waals surface area contributed by atoms with Crippen molar-refractivity contribution in [3.63, 3.8) is 0 Å². The maximum atomic E-state index is 5.66. The van der Waals surface area contributed by atoms with Gasteiger partial charge in [0.2, 0.25) is 0 Å². The molecule has 0 aliphatic heterocycles. The molecule has 0 spiro atoms. The lowest BCUT2D eigenvalue weighted by molar-refractivity contribution is 0.120. The fourth-order valence-electron chi connectivity index (χ4n) is 2.25. The minimum absolute atomic E-state index is 0.435. The van der Waals surface area contributed by atoms with Crippen LogP contribution in [0.4, 0.5) is 0 Å². The Morgan fingerprint density at radius 2 is 2.12 bits per heavy atom. The molecule has 16 heavy (non-hydrogen) atoms. The Bertz CT molecular complexity index is 201. The molecule has 1 atom stereocenters. The van der Waals surface area contributed by atoms with Crippen molar-refractivity contribution < 1.29 is 4.74 Å². The summed E-state index contributed by atoms with van der Waals surface area (Å²) in [6, 6.07) is 0.435. The van der Waals surface area contributed by atoms with E-state index in [2.05, 4.69) is 18.3 Å². The number of allylic oxidation sites excluding steroid dienone is 1. The van der Waals surface area contributed by atoms with Gasteiger partial charge >= 0.3 is 0 Å². The fraction of sp³-hybridized carbons (Fsp3) is 0.857. The minimum atomic E-state index is 0.435. The van der Waals surface area contributed by atoms with Crippen LogP contribution in [0.25, 0.3) is 0 Å². The van der Waals surface area contributed by atoms with E-state index in [4.69, 9.17) is 4.74 Å². The Hall–Kier alpha value is -0.340. The zero-order valence-electron chi connectivity index (χ0n) is 10.9. The zero-order valence-corrected chi connectivity index (χ0v) is 10.9. The van der Waals surface area contributed by atoms with Crippen molar-refractivity contribution in [2.24, 2.45) is 0 Å². The van der Waals surface area contributed by atoms with Crippen LogP contribution in [-0.4, -0.2) is 26.3 Å². The van der Waals surface area contributed by atoms with Crippen LogP contribution in [0.15, 0.2) is 11.6 Å². The van der Waals surface area contributed by atoms with Crippen LogP contribution >= 0.6 is 0 Å². The van der Waals surface area contributed by atoms with Crippen LogP contribution in [0.5, 0.6) is 0 Å². The number of rotatable bonds is 6. The van der Waals surface area contributed by atoms with E-state index in [0.29, 0.717) is 6.04 Å². The molecule has 1 aliphatic carbocycles. The van der Waals surface area contributed by atoms with E-state index in [1.165, 1.54) is 38.5 Å². The van der Waals surface area contributed by atoms with Gasteiger partial charge in [0.05, 0.1) is 12.6 Å². The van der Waals surface area contributed by atoms with Crippen LogP contribution in [0, 0.1) is 0 Å². The first kappa shape index (κ1) is 13.7. The van der Waals surface area contributed by atoms with E-state index >= 15 is 0 Å². The first-order chi connectivity index (χ1) is 7.88. The Balaban J connectivity index is 2.41. The molecule has 94 valence electrons. The smallest absolute Gasteiger partial charge is 0.0658 e. The summed E-state index contributed by atoms with van der Waals surface area (Å²) >= 11 is 0. The molecule has 0 radical (unpaired) electrons. The highest BCUT2D eigenvalue weighted by molar-refractivity contribution is 5.11. The Kier molecular flexibility index (Phi) is 7.52. The summed E-state index contributed by atoms with van der Waals surface area (Å²) < 4.78 is 5.66. The molecule has 0 saturated heterocycles. The summed E-state index contributed by atoms with van der Waals surface area (Å²) in [7, 11) is 2.04. The summed E-state index contributed by atoms with van der Waals surface area (Å²) in [5.74, 6) is 0. The molecule has 0 aromatic carbocycles. The third kappa shape index (κ3) is 5.13. The summed E-state index contributed by atoms with van der Waals surface area (Å²) in [6.45, 7) is 3.87. The first-order valence-electron chi connectivity index (χ1n) is 6.82. The van der Waals surface area contributed by atoms with Gasteiger partial charge in [0, 0.05) is 6.61 Å². The monoisotopic (exact) mass is 225 g/mol. The van der Waals surface area contributed by atoms with Crippen molar-refractivity contribution in [2.45, 2.75) is 57.9 Å². The van der Waals surface area contributed by atoms with Crippen LogP contribution in [0.3, 0.4) is 0 Å². The zero-order chi connectivity index (χ0) is 11.6. The molecule has 2 heteroatoms. The second-order valence-electron chi connectivity index (χ2n) is 4.65. The van der Waals surface area contributed by atoms with E-state index in [1.807, 2.05) is 7.05 Å². The molecule has 0 aromatic heterocycles. The van der Waals surface area contributed by atoms with Crippen molar-refractivity contribution in [2.75, 3.05) is 20.3 Å². The maximum Gasteiger partial charge on any atom is 0.0658 e. The van der Waals surface area contributed by atoms with Crippen molar-refractivity contribution >= 4 is 0 Å². The molecule has 0 amide bonds. The van der Waals surface area contributed by atoms with E-state index in [9.17, 15) is 0 Å². The second-order valence-corrected chi connectivity index (χ2v) is 4.65. The quantitative estimate of drug-likeness (QED) is 0.553. The summed E-state index contributed by atoms with van der Waals surface area (Å²) in [6.07, 6.45) is 11.5. The lowest BCUT2D eigenvalue weighted by Crippen LogP contribution is -2.32. The van der Waals surface area contributed by atoms with Gasteiger partial charge in [0.25, 0.3) is 0 Å². The third-order valence-corrected chi connectivity index (χ3v) is 3.26. The highest BCUT2D eigenvalue weighted by atomic mass is 16.5. The molecule has 0 fully saturated rings. The predicted molar refractivity (Wildman–Crippen MR) is 69.7 cm³/mol. The second kappa shape index (κ2) is 8.77. The Morgan fingerprint density at radius 3 is 2.88 bits per heavy atom. The van der Waals surface area contributed by atoms with Crippen LogP contribution in [0.1, 0.15) is 51.9 Å². The first-order valence-corrected chi connectivity index (χ1v) is 6.82. The molecule has 0 heterocycles. The molecular formula is C14H27NO. The molecule has 0 aromatic rings. The fourth-order valence-corrected chi connectivity index (χ4v) is 2.25.